The minimum Gasteiger partial charge on any atom is -0.494 e. The molecule has 2 heteroatoms. The van der Waals surface area contributed by atoms with Gasteiger partial charge in [-0.3, -0.25) is 0 Å². The van der Waals surface area contributed by atoms with Crippen LogP contribution in [0.4, 0.5) is 0 Å². The van der Waals surface area contributed by atoms with Crippen molar-refractivity contribution in [1.29, 1.82) is 5.26 Å². The highest BCUT2D eigenvalue weighted by atomic mass is 16.5. The smallest absolute Gasteiger partial charge is 0.119 e. The molecule has 120 valence electrons. The summed E-state index contributed by atoms with van der Waals surface area (Å²) in [5, 5.41) is 9.49. The van der Waals surface area contributed by atoms with Gasteiger partial charge in [-0.15, -0.1) is 0 Å². The van der Waals surface area contributed by atoms with Crippen LogP contribution in [0.5, 0.6) is 5.75 Å². The molecular weight excluding hydrogens is 282 g/mol. The van der Waals surface area contributed by atoms with E-state index >= 15 is 0 Å². The zero-order valence-corrected chi connectivity index (χ0v) is 14.5. The summed E-state index contributed by atoms with van der Waals surface area (Å²) < 4.78 is 5.82. The van der Waals surface area contributed by atoms with E-state index in [2.05, 4.69) is 64.1 Å². The maximum Gasteiger partial charge on any atom is 0.119 e. The highest BCUT2D eigenvalue weighted by Gasteiger charge is 2.13. The van der Waals surface area contributed by atoms with E-state index in [0.29, 0.717) is 6.61 Å². The second kappa shape index (κ2) is 7.83. The maximum atomic E-state index is 9.49. The van der Waals surface area contributed by atoms with Gasteiger partial charge in [-0.25, -0.2) is 0 Å². The lowest BCUT2D eigenvalue weighted by Crippen LogP contribution is -2.04. The molecule has 2 aromatic rings. The summed E-state index contributed by atoms with van der Waals surface area (Å²) in [4.78, 5) is 0. The number of aryl methyl sites for hydroxylation is 4. The third kappa shape index (κ3) is 4.60. The second-order valence-electron chi connectivity index (χ2n) is 6.28. The number of hydrogen-bond donors (Lipinski definition) is 0. The fourth-order valence-corrected chi connectivity index (χ4v) is 2.71. The van der Waals surface area contributed by atoms with Gasteiger partial charge in [0.25, 0.3) is 0 Å². The Morgan fingerprint density at radius 1 is 0.957 bits per heavy atom. The monoisotopic (exact) mass is 307 g/mol. The van der Waals surface area contributed by atoms with Crippen molar-refractivity contribution in [2.24, 2.45) is 0 Å². The normalized spacial score (nSPS) is 11.8. The molecule has 23 heavy (non-hydrogen) atoms. The Morgan fingerprint density at radius 3 is 2.39 bits per heavy atom. The van der Waals surface area contributed by atoms with Crippen LogP contribution in [0.25, 0.3) is 0 Å². The van der Waals surface area contributed by atoms with Crippen molar-refractivity contribution in [1.82, 2.24) is 0 Å². The van der Waals surface area contributed by atoms with Crippen LogP contribution in [0, 0.1) is 39.0 Å². The van der Waals surface area contributed by atoms with Crippen LogP contribution in [0.2, 0.25) is 0 Å². The van der Waals surface area contributed by atoms with Crippen molar-refractivity contribution in [3.8, 4) is 11.8 Å². The van der Waals surface area contributed by atoms with Crippen molar-refractivity contribution < 1.29 is 4.74 Å². The number of nitriles is 1. The van der Waals surface area contributed by atoms with Crippen molar-refractivity contribution >= 4 is 0 Å². The summed E-state index contributed by atoms with van der Waals surface area (Å²) in [6.45, 7) is 8.98. The Labute approximate surface area is 139 Å². The van der Waals surface area contributed by atoms with E-state index in [-0.39, 0.29) is 5.92 Å². The predicted molar refractivity (Wildman–Crippen MR) is 94.9 cm³/mol. The Hall–Kier alpha value is -2.27. The van der Waals surface area contributed by atoms with Crippen LogP contribution < -0.4 is 4.74 Å². The zero-order valence-electron chi connectivity index (χ0n) is 14.5. The van der Waals surface area contributed by atoms with E-state index in [4.69, 9.17) is 4.74 Å². The first kappa shape index (κ1) is 17.1. The Balaban J connectivity index is 1.90. The zero-order chi connectivity index (χ0) is 16.8. The number of hydrogen-bond acceptors (Lipinski definition) is 2. The summed E-state index contributed by atoms with van der Waals surface area (Å²) in [5.74, 6) is 0.853. The highest BCUT2D eigenvalue weighted by Crippen LogP contribution is 2.25. The van der Waals surface area contributed by atoms with Crippen LogP contribution in [0.15, 0.2) is 36.4 Å². The van der Waals surface area contributed by atoms with Crippen molar-refractivity contribution in [3.05, 3.63) is 64.2 Å². The van der Waals surface area contributed by atoms with Gasteiger partial charge in [0.15, 0.2) is 0 Å². The molecule has 1 atom stereocenters. The lowest BCUT2D eigenvalue weighted by Gasteiger charge is -2.14. The molecule has 0 aliphatic heterocycles. The average molecular weight is 307 g/mol. The molecule has 0 radical (unpaired) electrons. The van der Waals surface area contributed by atoms with Gasteiger partial charge in [-0.05, 0) is 74.9 Å². The molecule has 0 heterocycles. The van der Waals surface area contributed by atoms with Crippen LogP contribution in [-0.2, 0) is 0 Å². The average Bonchev–Trinajstić information content (AvgIpc) is 2.53. The van der Waals surface area contributed by atoms with E-state index < -0.39 is 0 Å². The van der Waals surface area contributed by atoms with Crippen molar-refractivity contribution in [2.75, 3.05) is 6.61 Å². The first-order valence-corrected chi connectivity index (χ1v) is 8.18. The van der Waals surface area contributed by atoms with E-state index in [1.807, 2.05) is 6.07 Å². The van der Waals surface area contributed by atoms with E-state index in [0.717, 1.165) is 24.2 Å². The Bertz CT molecular complexity index is 712. The van der Waals surface area contributed by atoms with Crippen LogP contribution in [0.3, 0.4) is 0 Å². The molecule has 0 spiro atoms. The summed E-state index contributed by atoms with van der Waals surface area (Å²) in [7, 11) is 0. The van der Waals surface area contributed by atoms with Gasteiger partial charge in [0, 0.05) is 0 Å². The fourth-order valence-electron chi connectivity index (χ4n) is 2.71. The van der Waals surface area contributed by atoms with Crippen LogP contribution >= 0.6 is 0 Å². The summed E-state index contributed by atoms with van der Waals surface area (Å²) in [6, 6.07) is 14.9. The minimum atomic E-state index is -0.0572. The van der Waals surface area contributed by atoms with Crippen LogP contribution in [-0.4, -0.2) is 6.61 Å². The van der Waals surface area contributed by atoms with Crippen molar-refractivity contribution in [3.63, 3.8) is 0 Å². The molecule has 0 saturated carbocycles. The standard InChI is InChI=1S/C21H25NO/c1-15-7-8-17(3)21(12-15)19(14-22)6-5-11-23-20-10-9-16(2)18(4)13-20/h7-10,12-13,19H,5-6,11H2,1-4H3. The van der Waals surface area contributed by atoms with E-state index in [9.17, 15) is 5.26 Å². The Morgan fingerprint density at radius 2 is 1.70 bits per heavy atom. The number of benzene rings is 2. The van der Waals surface area contributed by atoms with Crippen LogP contribution in [0.1, 0.15) is 46.6 Å². The second-order valence-corrected chi connectivity index (χ2v) is 6.28. The van der Waals surface area contributed by atoms with Gasteiger partial charge in [0.2, 0.25) is 0 Å². The van der Waals surface area contributed by atoms with E-state index in [1.54, 1.807) is 0 Å². The lowest BCUT2D eigenvalue weighted by molar-refractivity contribution is 0.304. The first-order chi connectivity index (χ1) is 11.0. The van der Waals surface area contributed by atoms with Gasteiger partial charge in [-0.2, -0.15) is 5.26 Å². The van der Waals surface area contributed by atoms with Gasteiger partial charge in [-0.1, -0.05) is 29.8 Å². The third-order valence-corrected chi connectivity index (χ3v) is 4.35. The molecule has 2 aromatic carbocycles. The Kier molecular flexibility index (Phi) is 5.82. The molecule has 0 aliphatic rings. The molecule has 0 saturated heterocycles. The van der Waals surface area contributed by atoms with Gasteiger partial charge in [0.05, 0.1) is 18.6 Å². The number of nitrogens with zero attached hydrogens (tertiary/aromatic N) is 1. The first-order valence-electron chi connectivity index (χ1n) is 8.18. The van der Waals surface area contributed by atoms with Crippen molar-refractivity contribution in [2.45, 2.75) is 46.5 Å². The predicted octanol–water partition coefficient (Wildman–Crippen LogP) is 5.39. The fraction of sp³-hybridized carbons (Fsp3) is 0.381. The molecule has 1 unspecified atom stereocenters. The molecule has 0 amide bonds. The topological polar surface area (TPSA) is 33.0 Å². The summed E-state index contributed by atoms with van der Waals surface area (Å²) in [5.41, 5.74) is 6.07. The lowest BCUT2D eigenvalue weighted by atomic mass is 9.91. The van der Waals surface area contributed by atoms with Gasteiger partial charge < -0.3 is 4.74 Å². The number of ether oxygens (including phenoxy) is 1. The molecule has 0 N–H and O–H groups in total. The molecule has 0 aliphatic carbocycles. The minimum absolute atomic E-state index is 0.0572. The summed E-state index contributed by atoms with van der Waals surface area (Å²) in [6.07, 6.45) is 1.70. The van der Waals surface area contributed by atoms with Gasteiger partial charge in [0.1, 0.15) is 5.75 Å². The maximum absolute atomic E-state index is 9.49. The quantitative estimate of drug-likeness (QED) is 0.671. The molecular formula is C21H25NO. The molecule has 0 aromatic heterocycles. The molecule has 2 rings (SSSR count). The molecule has 0 bridgehead atoms. The summed E-state index contributed by atoms with van der Waals surface area (Å²) >= 11 is 0. The molecule has 2 nitrogen and oxygen atoms in total. The van der Waals surface area contributed by atoms with E-state index in [1.165, 1.54) is 22.3 Å². The SMILES string of the molecule is Cc1ccc(C)c(C(C#N)CCCOc2ccc(C)c(C)c2)c1. The largest absolute Gasteiger partial charge is 0.494 e. The molecule has 0 fully saturated rings. The number of rotatable bonds is 6. The highest BCUT2D eigenvalue weighted by molar-refractivity contribution is 5.36. The van der Waals surface area contributed by atoms with Gasteiger partial charge >= 0.3 is 0 Å². The third-order valence-electron chi connectivity index (χ3n) is 4.35.